The Morgan fingerprint density at radius 3 is 2.83 bits per heavy atom. The lowest BCUT2D eigenvalue weighted by molar-refractivity contribution is 0.0929. The number of carbonyl (C=O) groups is 1. The van der Waals surface area contributed by atoms with Crippen LogP contribution in [-0.2, 0) is 11.3 Å². The molecule has 0 aromatic carbocycles. The van der Waals surface area contributed by atoms with Crippen LogP contribution in [0.15, 0.2) is 18.3 Å². The zero-order chi connectivity index (χ0) is 17.1. The summed E-state index contributed by atoms with van der Waals surface area (Å²) in [7, 11) is 1.49. The maximum absolute atomic E-state index is 13.1. The molecule has 0 bridgehead atoms. The Morgan fingerprint density at radius 2 is 2.17 bits per heavy atom. The third-order valence-electron chi connectivity index (χ3n) is 4.42. The van der Waals surface area contributed by atoms with Crippen LogP contribution in [0.25, 0.3) is 5.65 Å². The number of rotatable bonds is 5. The summed E-state index contributed by atoms with van der Waals surface area (Å²) in [5, 5.41) is 3.00. The second-order valence-electron chi connectivity index (χ2n) is 6.14. The van der Waals surface area contributed by atoms with Gasteiger partial charge in [0.1, 0.15) is 11.3 Å². The van der Waals surface area contributed by atoms with E-state index in [1.165, 1.54) is 19.6 Å². The maximum atomic E-state index is 13.1. The van der Waals surface area contributed by atoms with Crippen LogP contribution in [0.1, 0.15) is 60.3 Å². The van der Waals surface area contributed by atoms with Crippen molar-refractivity contribution in [2.75, 3.05) is 7.11 Å². The molecule has 0 unspecified atom stereocenters. The predicted octanol–water partition coefficient (Wildman–Crippen LogP) is 3.48. The van der Waals surface area contributed by atoms with E-state index in [1.807, 2.05) is 0 Å². The number of alkyl halides is 2. The minimum Gasteiger partial charge on any atom is -0.378 e. The Labute approximate surface area is 139 Å². The van der Waals surface area contributed by atoms with Gasteiger partial charge in [-0.15, -0.1) is 0 Å². The van der Waals surface area contributed by atoms with E-state index in [-0.39, 0.29) is 29.9 Å². The Hall–Kier alpha value is -2.02. The molecule has 1 fully saturated rings. The van der Waals surface area contributed by atoms with Gasteiger partial charge in [-0.25, -0.2) is 13.8 Å². The molecule has 2 heterocycles. The number of nitrogens with zero attached hydrogens (tertiary/aromatic N) is 2. The molecule has 1 aliphatic carbocycles. The highest BCUT2D eigenvalue weighted by Gasteiger charge is 2.21. The van der Waals surface area contributed by atoms with Gasteiger partial charge in [0, 0.05) is 19.3 Å². The van der Waals surface area contributed by atoms with Crippen molar-refractivity contribution in [1.29, 1.82) is 0 Å². The molecular weight excluding hydrogens is 316 g/mol. The van der Waals surface area contributed by atoms with Gasteiger partial charge in [-0.2, -0.15) is 0 Å². The summed E-state index contributed by atoms with van der Waals surface area (Å²) in [6.07, 6.45) is 4.29. The maximum Gasteiger partial charge on any atom is 0.280 e. The fraction of sp³-hybridized carbons (Fsp3) is 0.529. The van der Waals surface area contributed by atoms with Gasteiger partial charge in [0.15, 0.2) is 0 Å². The SMILES string of the molecule is COCc1cc(C(F)F)nc2c(C(=O)NC3CCCCC3)ccn12. The minimum absolute atomic E-state index is 0.151. The average molecular weight is 337 g/mol. The molecule has 1 saturated carbocycles. The molecule has 2 aromatic heterocycles. The molecule has 5 nitrogen and oxygen atoms in total. The number of carbonyl (C=O) groups excluding carboxylic acids is 1. The summed E-state index contributed by atoms with van der Waals surface area (Å²) in [6, 6.07) is 3.08. The van der Waals surface area contributed by atoms with E-state index in [9.17, 15) is 13.6 Å². The van der Waals surface area contributed by atoms with E-state index in [0.29, 0.717) is 11.3 Å². The number of nitrogens with one attached hydrogen (secondary N) is 1. The highest BCUT2D eigenvalue weighted by atomic mass is 19.3. The second-order valence-corrected chi connectivity index (χ2v) is 6.14. The highest BCUT2D eigenvalue weighted by Crippen LogP contribution is 2.23. The molecular formula is C17H21F2N3O2. The molecule has 0 atom stereocenters. The summed E-state index contributed by atoms with van der Waals surface area (Å²) in [6.45, 7) is 0.164. The molecule has 0 aliphatic heterocycles. The molecule has 0 saturated heterocycles. The third-order valence-corrected chi connectivity index (χ3v) is 4.42. The van der Waals surface area contributed by atoms with Gasteiger partial charge in [-0.3, -0.25) is 4.79 Å². The van der Waals surface area contributed by atoms with Crippen LogP contribution in [0.5, 0.6) is 0 Å². The summed E-state index contributed by atoms with van der Waals surface area (Å²) in [5.41, 5.74) is 0.753. The van der Waals surface area contributed by atoms with Gasteiger partial charge in [-0.1, -0.05) is 19.3 Å². The molecule has 0 spiro atoms. The number of methoxy groups -OCH3 is 1. The zero-order valence-corrected chi connectivity index (χ0v) is 13.6. The van der Waals surface area contributed by atoms with E-state index in [0.717, 1.165) is 25.7 Å². The smallest absolute Gasteiger partial charge is 0.280 e. The molecule has 3 rings (SSSR count). The summed E-state index contributed by atoms with van der Waals surface area (Å²) < 4.78 is 32.9. The summed E-state index contributed by atoms with van der Waals surface area (Å²) in [5.74, 6) is -0.258. The van der Waals surface area contributed by atoms with Gasteiger partial charge < -0.3 is 14.5 Å². The summed E-state index contributed by atoms with van der Waals surface area (Å²) >= 11 is 0. The topological polar surface area (TPSA) is 55.6 Å². The van der Waals surface area contributed by atoms with E-state index < -0.39 is 6.43 Å². The van der Waals surface area contributed by atoms with Gasteiger partial charge in [0.05, 0.1) is 17.9 Å². The van der Waals surface area contributed by atoms with Crippen LogP contribution in [0, 0.1) is 0 Å². The first-order valence-corrected chi connectivity index (χ1v) is 8.19. The highest BCUT2D eigenvalue weighted by molar-refractivity contribution is 6.00. The van der Waals surface area contributed by atoms with Crippen molar-refractivity contribution in [2.24, 2.45) is 0 Å². The van der Waals surface area contributed by atoms with E-state index in [4.69, 9.17) is 4.74 Å². The van der Waals surface area contributed by atoms with Gasteiger partial charge in [-0.05, 0) is 25.0 Å². The average Bonchev–Trinajstić information content (AvgIpc) is 3.00. The zero-order valence-electron chi connectivity index (χ0n) is 13.6. The lowest BCUT2D eigenvalue weighted by Crippen LogP contribution is -2.36. The fourth-order valence-electron chi connectivity index (χ4n) is 3.22. The first kappa shape index (κ1) is 16.8. The molecule has 0 radical (unpaired) electrons. The first-order chi connectivity index (χ1) is 11.6. The van der Waals surface area contributed by atoms with Gasteiger partial charge in [0.25, 0.3) is 12.3 Å². The molecule has 24 heavy (non-hydrogen) atoms. The van der Waals surface area contributed by atoms with Crippen molar-refractivity contribution in [3.05, 3.63) is 35.3 Å². The lowest BCUT2D eigenvalue weighted by Gasteiger charge is -2.22. The fourth-order valence-corrected chi connectivity index (χ4v) is 3.22. The number of aromatic nitrogens is 2. The standard InChI is InChI=1S/C17H21F2N3O2/c1-24-10-12-9-14(15(18)19)21-16-13(7-8-22(12)16)17(23)20-11-5-3-2-4-6-11/h7-9,11,15H,2-6,10H2,1H3,(H,20,23). The van der Waals surface area contributed by atoms with Crippen LogP contribution in [-0.4, -0.2) is 28.4 Å². The van der Waals surface area contributed by atoms with Gasteiger partial charge in [0.2, 0.25) is 0 Å². The Kier molecular flexibility index (Phi) is 5.08. The normalized spacial score (nSPS) is 16.0. The Morgan fingerprint density at radius 1 is 1.42 bits per heavy atom. The van der Waals surface area contributed by atoms with Crippen LogP contribution in [0.2, 0.25) is 0 Å². The lowest BCUT2D eigenvalue weighted by atomic mass is 9.95. The Balaban J connectivity index is 1.94. The predicted molar refractivity (Wildman–Crippen MR) is 85.2 cm³/mol. The number of hydrogen-bond acceptors (Lipinski definition) is 3. The van der Waals surface area contributed by atoms with Crippen molar-refractivity contribution in [3.63, 3.8) is 0 Å². The number of fused-ring (bicyclic) bond motifs is 1. The van der Waals surface area contributed by atoms with Gasteiger partial charge >= 0.3 is 0 Å². The monoisotopic (exact) mass is 337 g/mol. The van der Waals surface area contributed by atoms with Crippen LogP contribution < -0.4 is 5.32 Å². The third kappa shape index (κ3) is 3.40. The number of amides is 1. The van der Waals surface area contributed by atoms with Crippen molar-refractivity contribution >= 4 is 11.6 Å². The summed E-state index contributed by atoms with van der Waals surface area (Å²) in [4.78, 5) is 16.5. The largest absolute Gasteiger partial charge is 0.378 e. The second kappa shape index (κ2) is 7.25. The van der Waals surface area contributed by atoms with Crippen molar-refractivity contribution in [3.8, 4) is 0 Å². The number of halogens is 2. The molecule has 2 aromatic rings. The van der Waals surface area contributed by atoms with E-state index in [1.54, 1.807) is 16.7 Å². The van der Waals surface area contributed by atoms with Crippen molar-refractivity contribution in [2.45, 2.75) is 51.2 Å². The number of hydrogen-bond donors (Lipinski definition) is 1. The van der Waals surface area contributed by atoms with Crippen LogP contribution in [0.3, 0.4) is 0 Å². The molecule has 1 N–H and O–H groups in total. The van der Waals surface area contributed by atoms with E-state index >= 15 is 0 Å². The van der Waals surface area contributed by atoms with Crippen molar-refractivity contribution in [1.82, 2.24) is 14.7 Å². The first-order valence-electron chi connectivity index (χ1n) is 8.19. The van der Waals surface area contributed by atoms with Crippen LogP contribution >= 0.6 is 0 Å². The molecule has 1 amide bonds. The molecule has 130 valence electrons. The Bertz CT molecular complexity index is 724. The number of ether oxygens (including phenoxy) is 1. The minimum atomic E-state index is -2.70. The molecule has 7 heteroatoms. The quantitative estimate of drug-likeness (QED) is 0.909. The van der Waals surface area contributed by atoms with Crippen molar-refractivity contribution < 1.29 is 18.3 Å². The van der Waals surface area contributed by atoms with Crippen LogP contribution in [0.4, 0.5) is 8.78 Å². The van der Waals surface area contributed by atoms with E-state index in [2.05, 4.69) is 10.3 Å². The molecule has 1 aliphatic rings.